The smallest absolute Gasteiger partial charge is 0.246 e. The molecule has 0 aromatic heterocycles. The Bertz CT molecular complexity index is 510. The van der Waals surface area contributed by atoms with Gasteiger partial charge < -0.3 is 10.0 Å². The van der Waals surface area contributed by atoms with E-state index in [1.54, 1.807) is 29.2 Å². The Labute approximate surface area is 128 Å². The quantitative estimate of drug-likeness (QED) is 0.852. The molecule has 0 bridgehead atoms. The standard InChI is InChI=1S/C15H17Cl2NO2/c1-10-9-18(5-4-14(10)19)15(20)3-2-11-6-12(16)8-13(17)7-11/h2-3,6-8,10,14,19H,4-5,9H2,1H3/b3-2+. The number of hydrogen-bond donors (Lipinski definition) is 1. The molecule has 0 spiro atoms. The van der Waals surface area contributed by atoms with Gasteiger partial charge in [-0.3, -0.25) is 4.79 Å². The van der Waals surface area contributed by atoms with E-state index in [1.807, 2.05) is 6.92 Å². The zero-order valence-electron chi connectivity index (χ0n) is 11.2. The molecular weight excluding hydrogens is 297 g/mol. The summed E-state index contributed by atoms with van der Waals surface area (Å²) in [6, 6.07) is 5.15. The van der Waals surface area contributed by atoms with Gasteiger partial charge in [-0.1, -0.05) is 30.1 Å². The molecule has 20 heavy (non-hydrogen) atoms. The molecule has 1 saturated heterocycles. The van der Waals surface area contributed by atoms with Crippen molar-refractivity contribution in [3.05, 3.63) is 39.9 Å². The molecular formula is C15H17Cl2NO2. The van der Waals surface area contributed by atoms with Crippen LogP contribution < -0.4 is 0 Å². The van der Waals surface area contributed by atoms with Crippen molar-refractivity contribution in [2.75, 3.05) is 13.1 Å². The van der Waals surface area contributed by atoms with E-state index in [0.717, 1.165) is 5.56 Å². The maximum Gasteiger partial charge on any atom is 0.246 e. The maximum absolute atomic E-state index is 12.1. The van der Waals surface area contributed by atoms with Gasteiger partial charge in [-0.05, 0) is 42.2 Å². The second-order valence-electron chi connectivity index (χ2n) is 5.15. The predicted molar refractivity (Wildman–Crippen MR) is 81.9 cm³/mol. The molecule has 1 aromatic rings. The second-order valence-corrected chi connectivity index (χ2v) is 6.03. The summed E-state index contributed by atoms with van der Waals surface area (Å²) in [4.78, 5) is 13.8. The molecule has 1 aliphatic rings. The molecule has 1 N–H and O–H groups in total. The molecule has 0 radical (unpaired) electrons. The number of piperidine rings is 1. The van der Waals surface area contributed by atoms with Crippen molar-refractivity contribution in [1.29, 1.82) is 0 Å². The number of likely N-dealkylation sites (tertiary alicyclic amines) is 1. The van der Waals surface area contributed by atoms with Gasteiger partial charge in [0.25, 0.3) is 0 Å². The molecule has 5 heteroatoms. The Morgan fingerprint density at radius 2 is 2.00 bits per heavy atom. The highest BCUT2D eigenvalue weighted by molar-refractivity contribution is 6.34. The number of benzene rings is 1. The lowest BCUT2D eigenvalue weighted by molar-refractivity contribution is -0.129. The monoisotopic (exact) mass is 313 g/mol. The lowest BCUT2D eigenvalue weighted by Gasteiger charge is -2.33. The first-order chi connectivity index (χ1) is 9.45. The topological polar surface area (TPSA) is 40.5 Å². The van der Waals surface area contributed by atoms with Crippen LogP contribution in [0.25, 0.3) is 6.08 Å². The third-order valence-corrected chi connectivity index (χ3v) is 3.91. The van der Waals surface area contributed by atoms with Crippen LogP contribution in [0.5, 0.6) is 0 Å². The summed E-state index contributed by atoms with van der Waals surface area (Å²) in [7, 11) is 0. The van der Waals surface area contributed by atoms with Gasteiger partial charge in [0.2, 0.25) is 5.91 Å². The zero-order valence-corrected chi connectivity index (χ0v) is 12.7. The number of aliphatic hydroxyl groups is 1. The van der Waals surface area contributed by atoms with Gasteiger partial charge in [-0.25, -0.2) is 0 Å². The lowest BCUT2D eigenvalue weighted by Crippen LogP contribution is -2.44. The van der Waals surface area contributed by atoms with Gasteiger partial charge in [0.05, 0.1) is 6.10 Å². The minimum absolute atomic E-state index is 0.0557. The van der Waals surface area contributed by atoms with Gasteiger partial charge in [0.15, 0.2) is 0 Å². The third-order valence-electron chi connectivity index (χ3n) is 3.47. The Morgan fingerprint density at radius 1 is 1.35 bits per heavy atom. The van der Waals surface area contributed by atoms with E-state index in [9.17, 15) is 9.90 Å². The minimum Gasteiger partial charge on any atom is -0.393 e. The van der Waals surface area contributed by atoms with Gasteiger partial charge in [-0.2, -0.15) is 0 Å². The van der Waals surface area contributed by atoms with Crippen LogP contribution >= 0.6 is 23.2 Å². The molecule has 2 unspecified atom stereocenters. The number of amides is 1. The number of nitrogens with zero attached hydrogens (tertiary/aromatic N) is 1. The molecule has 108 valence electrons. The van der Waals surface area contributed by atoms with Crippen molar-refractivity contribution in [3.63, 3.8) is 0 Å². The van der Waals surface area contributed by atoms with Gasteiger partial charge in [0, 0.05) is 29.2 Å². The Balaban J connectivity index is 2.02. The number of carbonyl (C=O) groups is 1. The highest BCUT2D eigenvalue weighted by atomic mass is 35.5. The van der Waals surface area contributed by atoms with E-state index in [4.69, 9.17) is 23.2 Å². The van der Waals surface area contributed by atoms with E-state index in [-0.39, 0.29) is 17.9 Å². The number of halogens is 2. The minimum atomic E-state index is -0.310. The van der Waals surface area contributed by atoms with Crippen molar-refractivity contribution >= 4 is 35.2 Å². The SMILES string of the molecule is CC1CN(C(=O)/C=C/c2cc(Cl)cc(Cl)c2)CCC1O. The fourth-order valence-corrected chi connectivity index (χ4v) is 2.82. The highest BCUT2D eigenvalue weighted by Crippen LogP contribution is 2.20. The van der Waals surface area contributed by atoms with E-state index in [1.165, 1.54) is 6.08 Å². The van der Waals surface area contributed by atoms with Crippen LogP contribution in [-0.4, -0.2) is 35.1 Å². The van der Waals surface area contributed by atoms with Crippen LogP contribution in [0, 0.1) is 5.92 Å². The summed E-state index contributed by atoms with van der Waals surface area (Å²) >= 11 is 11.8. The van der Waals surface area contributed by atoms with E-state index in [0.29, 0.717) is 29.6 Å². The van der Waals surface area contributed by atoms with E-state index >= 15 is 0 Å². The molecule has 1 heterocycles. The van der Waals surface area contributed by atoms with Gasteiger partial charge in [0.1, 0.15) is 0 Å². The fourth-order valence-electron chi connectivity index (χ4n) is 2.28. The molecule has 2 atom stereocenters. The van der Waals surface area contributed by atoms with Crippen LogP contribution in [0.3, 0.4) is 0 Å². The Morgan fingerprint density at radius 3 is 2.60 bits per heavy atom. The number of carbonyl (C=O) groups excluding carboxylic acids is 1. The normalized spacial score (nSPS) is 23.3. The predicted octanol–water partition coefficient (Wildman–Crippen LogP) is 3.24. The number of hydrogen-bond acceptors (Lipinski definition) is 2. The number of rotatable bonds is 2. The molecule has 0 saturated carbocycles. The third kappa shape index (κ3) is 3.98. The van der Waals surface area contributed by atoms with Crippen molar-refractivity contribution in [2.45, 2.75) is 19.4 Å². The van der Waals surface area contributed by atoms with Crippen LogP contribution in [-0.2, 0) is 4.79 Å². The van der Waals surface area contributed by atoms with Crippen LogP contribution in [0.2, 0.25) is 10.0 Å². The summed E-state index contributed by atoms with van der Waals surface area (Å²) in [6.45, 7) is 3.12. The molecule has 2 rings (SSSR count). The van der Waals surface area contributed by atoms with E-state index in [2.05, 4.69) is 0 Å². The summed E-state index contributed by atoms with van der Waals surface area (Å²) in [5, 5.41) is 10.7. The molecule has 1 fully saturated rings. The zero-order chi connectivity index (χ0) is 14.7. The van der Waals surface area contributed by atoms with E-state index < -0.39 is 0 Å². The molecule has 3 nitrogen and oxygen atoms in total. The first kappa shape index (κ1) is 15.4. The molecule has 1 aromatic carbocycles. The summed E-state index contributed by atoms with van der Waals surface area (Å²) in [6.07, 6.45) is 3.54. The van der Waals surface area contributed by atoms with Crippen molar-refractivity contribution in [1.82, 2.24) is 4.90 Å². The molecule has 1 aliphatic heterocycles. The Hall–Kier alpha value is -1.03. The number of aliphatic hydroxyl groups excluding tert-OH is 1. The molecule has 1 amide bonds. The largest absolute Gasteiger partial charge is 0.393 e. The fraction of sp³-hybridized carbons (Fsp3) is 0.400. The summed E-state index contributed by atoms with van der Waals surface area (Å²) in [5.74, 6) is 0.0570. The summed E-state index contributed by atoms with van der Waals surface area (Å²) < 4.78 is 0. The first-order valence-corrected chi connectivity index (χ1v) is 7.32. The lowest BCUT2D eigenvalue weighted by atomic mass is 9.97. The van der Waals surface area contributed by atoms with Gasteiger partial charge in [-0.15, -0.1) is 0 Å². The molecule has 0 aliphatic carbocycles. The van der Waals surface area contributed by atoms with Crippen molar-refractivity contribution in [3.8, 4) is 0 Å². The van der Waals surface area contributed by atoms with Crippen LogP contribution in [0.4, 0.5) is 0 Å². The average molecular weight is 314 g/mol. The van der Waals surface area contributed by atoms with Crippen molar-refractivity contribution in [2.24, 2.45) is 5.92 Å². The van der Waals surface area contributed by atoms with Gasteiger partial charge >= 0.3 is 0 Å². The highest BCUT2D eigenvalue weighted by Gasteiger charge is 2.25. The average Bonchev–Trinajstić information content (AvgIpc) is 2.38. The van der Waals surface area contributed by atoms with Crippen molar-refractivity contribution < 1.29 is 9.90 Å². The first-order valence-electron chi connectivity index (χ1n) is 6.57. The maximum atomic E-state index is 12.1. The summed E-state index contributed by atoms with van der Waals surface area (Å²) in [5.41, 5.74) is 0.793. The second kappa shape index (κ2) is 6.61. The van der Waals surface area contributed by atoms with Crippen LogP contribution in [0.1, 0.15) is 18.9 Å². The Kier molecular flexibility index (Phi) is 5.08. The van der Waals surface area contributed by atoms with Crippen LogP contribution in [0.15, 0.2) is 24.3 Å².